The molecule has 0 radical (unpaired) electrons. The quantitative estimate of drug-likeness (QED) is 0.125. The summed E-state index contributed by atoms with van der Waals surface area (Å²) < 4.78 is 6.15. The van der Waals surface area contributed by atoms with E-state index in [0.29, 0.717) is 17.9 Å². The van der Waals surface area contributed by atoms with Crippen molar-refractivity contribution in [2.24, 2.45) is 0 Å². The van der Waals surface area contributed by atoms with Gasteiger partial charge in [-0.15, -0.1) is 11.8 Å². The molecule has 5 nitrogen and oxygen atoms in total. The number of ketones is 1. The number of unbranched alkanes of at least 4 members (excludes halogenated alkanes) is 11. The third kappa shape index (κ3) is 12.4. The summed E-state index contributed by atoms with van der Waals surface area (Å²) in [4.78, 5) is 28.9. The summed E-state index contributed by atoms with van der Waals surface area (Å²) in [5.74, 6) is 1.37. The summed E-state index contributed by atoms with van der Waals surface area (Å²) >= 11 is 1.85. The minimum absolute atomic E-state index is 0.0472. The van der Waals surface area contributed by atoms with E-state index in [1.807, 2.05) is 36.0 Å². The van der Waals surface area contributed by atoms with Gasteiger partial charge >= 0.3 is 0 Å². The molecule has 0 saturated heterocycles. The van der Waals surface area contributed by atoms with Crippen LogP contribution in [-0.2, 0) is 17.8 Å². The van der Waals surface area contributed by atoms with Crippen molar-refractivity contribution in [3.63, 3.8) is 0 Å². The van der Waals surface area contributed by atoms with Crippen LogP contribution in [0.1, 0.15) is 119 Å². The van der Waals surface area contributed by atoms with E-state index in [0.717, 1.165) is 36.5 Å². The molecule has 1 amide bonds. The molecule has 0 aliphatic carbocycles. The number of ether oxygens (including phenoxy) is 1. The van der Waals surface area contributed by atoms with Crippen molar-refractivity contribution in [1.29, 1.82) is 0 Å². The van der Waals surface area contributed by atoms with Crippen molar-refractivity contribution in [2.75, 3.05) is 17.8 Å². The molecule has 2 aromatic carbocycles. The number of hydrogen-bond acceptors (Lipinski definition) is 5. The Morgan fingerprint density at radius 2 is 1.51 bits per heavy atom. The van der Waals surface area contributed by atoms with E-state index >= 15 is 0 Å². The highest BCUT2D eigenvalue weighted by Gasteiger charge is 2.16. The van der Waals surface area contributed by atoms with Gasteiger partial charge in [0.05, 0.1) is 24.5 Å². The molecule has 0 fully saturated rings. The van der Waals surface area contributed by atoms with Gasteiger partial charge in [-0.05, 0) is 48.9 Å². The minimum atomic E-state index is -0.122. The number of anilines is 1. The van der Waals surface area contributed by atoms with Crippen LogP contribution in [0.2, 0.25) is 0 Å². The zero-order chi connectivity index (χ0) is 29.3. The Kier molecular flexibility index (Phi) is 14.9. The number of thioether (sulfide) groups is 1. The second-order valence-corrected chi connectivity index (χ2v) is 12.5. The van der Waals surface area contributed by atoms with Crippen molar-refractivity contribution in [3.8, 4) is 5.75 Å². The molecule has 0 atom stereocenters. The molecule has 1 N–H and O–H groups in total. The number of hydrogen-bond donors (Lipinski definition) is 1. The van der Waals surface area contributed by atoms with E-state index in [4.69, 9.17) is 4.74 Å². The van der Waals surface area contributed by atoms with Gasteiger partial charge in [0.15, 0.2) is 5.78 Å². The lowest BCUT2D eigenvalue weighted by Gasteiger charge is -2.16. The van der Waals surface area contributed by atoms with Crippen molar-refractivity contribution in [3.05, 3.63) is 70.3 Å². The number of nitrogens with zero attached hydrogens (tertiary/aromatic N) is 1. The predicted molar refractivity (Wildman–Crippen MR) is 174 cm³/mol. The van der Waals surface area contributed by atoms with Crippen LogP contribution in [0.5, 0.6) is 5.75 Å². The minimum Gasteiger partial charge on any atom is -0.493 e. The Morgan fingerprint density at radius 1 is 0.878 bits per heavy atom. The van der Waals surface area contributed by atoms with Crippen LogP contribution in [0.25, 0.3) is 0 Å². The Bertz CT molecular complexity index is 1110. The third-order valence-electron chi connectivity index (χ3n) is 7.52. The molecule has 41 heavy (non-hydrogen) atoms. The number of para-hydroxylation sites is 1. The zero-order valence-corrected chi connectivity index (χ0v) is 26.3. The molecule has 1 aliphatic rings. The van der Waals surface area contributed by atoms with Gasteiger partial charge in [-0.25, -0.2) is 0 Å². The largest absolute Gasteiger partial charge is 0.493 e. The smallest absolute Gasteiger partial charge is 0.228 e. The van der Waals surface area contributed by atoms with Crippen LogP contribution in [0.3, 0.4) is 0 Å². The van der Waals surface area contributed by atoms with E-state index in [9.17, 15) is 9.59 Å². The number of carbonyl (C=O) groups excluding carboxylic acids is 2. The normalized spacial score (nSPS) is 12.9. The first-order chi connectivity index (χ1) is 20.0. The number of amides is 1. The summed E-state index contributed by atoms with van der Waals surface area (Å²) in [6.07, 6.45) is 17.8. The topological polar surface area (TPSA) is 58.6 Å². The molecular formula is C35H50N2O3S. The Hall–Kier alpha value is -2.73. The van der Waals surface area contributed by atoms with E-state index in [-0.39, 0.29) is 18.1 Å². The molecule has 0 unspecified atom stereocenters. The van der Waals surface area contributed by atoms with Gasteiger partial charge in [0, 0.05) is 24.0 Å². The van der Waals surface area contributed by atoms with Crippen LogP contribution in [0.15, 0.2) is 53.6 Å². The number of carbonyl (C=O) groups is 2. The van der Waals surface area contributed by atoms with Crippen LogP contribution >= 0.6 is 11.8 Å². The first-order valence-corrected chi connectivity index (χ1v) is 16.6. The van der Waals surface area contributed by atoms with Gasteiger partial charge in [-0.3, -0.25) is 9.59 Å². The summed E-state index contributed by atoms with van der Waals surface area (Å²) in [6.45, 7) is 7.36. The maximum Gasteiger partial charge on any atom is 0.228 e. The van der Waals surface area contributed by atoms with Crippen molar-refractivity contribution < 1.29 is 14.3 Å². The van der Waals surface area contributed by atoms with Gasteiger partial charge in [-0.2, -0.15) is 0 Å². The SMILES string of the molecule is CCCCCCCCCCCCCCOc1c(CC(=O)Nc2ccc(CN3C=C(C)SC3)cc2)cccc1C(C)=O. The van der Waals surface area contributed by atoms with Gasteiger partial charge in [0.2, 0.25) is 5.91 Å². The van der Waals surface area contributed by atoms with Crippen LogP contribution in [0, 0.1) is 0 Å². The second-order valence-electron chi connectivity index (χ2n) is 11.3. The summed E-state index contributed by atoms with van der Waals surface area (Å²) in [5.41, 5.74) is 3.27. The van der Waals surface area contributed by atoms with Crippen molar-refractivity contribution >= 4 is 29.1 Å². The molecule has 2 aromatic rings. The fourth-order valence-corrected chi connectivity index (χ4v) is 5.96. The van der Waals surface area contributed by atoms with Crippen LogP contribution in [-0.4, -0.2) is 29.1 Å². The highest BCUT2D eigenvalue weighted by molar-refractivity contribution is 8.03. The molecule has 1 aliphatic heterocycles. The zero-order valence-electron chi connectivity index (χ0n) is 25.5. The molecular weight excluding hydrogens is 528 g/mol. The highest BCUT2D eigenvalue weighted by atomic mass is 32.2. The number of nitrogens with one attached hydrogen (secondary N) is 1. The number of allylic oxidation sites excluding steroid dienone is 1. The molecule has 224 valence electrons. The molecule has 0 bridgehead atoms. The Balaban J connectivity index is 1.41. The highest BCUT2D eigenvalue weighted by Crippen LogP contribution is 2.27. The maximum absolute atomic E-state index is 12.9. The molecule has 0 spiro atoms. The van der Waals surface area contributed by atoms with Crippen LogP contribution < -0.4 is 10.1 Å². The molecule has 1 heterocycles. The fraction of sp³-hybridized carbons (Fsp3) is 0.543. The van der Waals surface area contributed by atoms with Crippen LogP contribution in [0.4, 0.5) is 5.69 Å². The lowest BCUT2D eigenvalue weighted by atomic mass is 10.0. The average molecular weight is 579 g/mol. The third-order valence-corrected chi connectivity index (χ3v) is 8.54. The first-order valence-electron chi connectivity index (χ1n) is 15.7. The number of rotatable bonds is 20. The summed E-state index contributed by atoms with van der Waals surface area (Å²) in [7, 11) is 0. The maximum atomic E-state index is 12.9. The van der Waals surface area contributed by atoms with E-state index in [1.165, 1.54) is 74.7 Å². The Labute approximate surface area is 252 Å². The summed E-state index contributed by atoms with van der Waals surface area (Å²) in [6, 6.07) is 13.5. The summed E-state index contributed by atoms with van der Waals surface area (Å²) in [5, 5.41) is 3.00. The van der Waals surface area contributed by atoms with Gasteiger partial charge in [-0.1, -0.05) is 102 Å². The van der Waals surface area contributed by atoms with Crippen molar-refractivity contribution in [2.45, 2.75) is 111 Å². The van der Waals surface area contributed by atoms with E-state index < -0.39 is 0 Å². The Morgan fingerprint density at radius 3 is 2.10 bits per heavy atom. The second kappa shape index (κ2) is 18.7. The monoisotopic (exact) mass is 578 g/mol. The fourth-order valence-electron chi connectivity index (χ4n) is 5.20. The number of benzene rings is 2. The first kappa shape index (κ1) is 32.8. The van der Waals surface area contributed by atoms with Gasteiger partial charge < -0.3 is 15.0 Å². The molecule has 0 aromatic heterocycles. The van der Waals surface area contributed by atoms with E-state index in [1.54, 1.807) is 13.0 Å². The van der Waals surface area contributed by atoms with Gasteiger partial charge in [0.1, 0.15) is 5.75 Å². The average Bonchev–Trinajstić information content (AvgIpc) is 3.37. The molecule has 3 rings (SSSR count). The van der Waals surface area contributed by atoms with Crippen molar-refractivity contribution in [1.82, 2.24) is 4.90 Å². The predicted octanol–water partition coefficient (Wildman–Crippen LogP) is 9.52. The number of Topliss-reactive ketones (excluding diaryl/α,β-unsaturated/α-hetero) is 1. The standard InChI is InChI=1S/C35H50N2O3S/c1-4-5-6-7-8-9-10-11-12-13-14-15-23-40-35-31(17-16-18-33(35)29(3)38)24-34(39)36-32-21-19-30(20-22-32)26-37-25-28(2)41-27-37/h16-22,25H,4-15,23-24,26-27H2,1-3H3,(H,36,39). The molecule has 6 heteroatoms. The lowest BCUT2D eigenvalue weighted by Crippen LogP contribution is -2.16. The van der Waals surface area contributed by atoms with Gasteiger partial charge in [0.25, 0.3) is 0 Å². The lowest BCUT2D eigenvalue weighted by molar-refractivity contribution is -0.115. The van der Waals surface area contributed by atoms with E-state index in [2.05, 4.69) is 42.4 Å². The molecule has 0 saturated carbocycles.